The molecule has 240 valence electrons. The maximum atomic E-state index is 13.4. The molecule has 0 aliphatic carbocycles. The summed E-state index contributed by atoms with van der Waals surface area (Å²) in [5.74, 6) is -0.732. The average molecular weight is 650 g/mol. The number of nitrogens with one attached hydrogen (secondary N) is 1. The lowest BCUT2D eigenvalue weighted by atomic mass is 9.95. The predicted octanol–water partition coefficient (Wildman–Crippen LogP) is 4.39. The minimum Gasteiger partial charge on any atom is -0.434 e. The van der Waals surface area contributed by atoms with Crippen molar-refractivity contribution in [2.45, 2.75) is 49.8 Å². The van der Waals surface area contributed by atoms with Gasteiger partial charge in [0.1, 0.15) is 23.6 Å². The van der Waals surface area contributed by atoms with Gasteiger partial charge in [0.25, 0.3) is 5.91 Å². The van der Waals surface area contributed by atoms with Crippen LogP contribution in [0.4, 0.5) is 14.5 Å². The molecule has 15 heteroatoms. The van der Waals surface area contributed by atoms with Crippen molar-refractivity contribution in [3.63, 3.8) is 0 Å². The maximum Gasteiger partial charge on any atom is 0.387 e. The first-order chi connectivity index (χ1) is 22.3. The number of hydrogen-bond donors (Lipinski definition) is 1. The summed E-state index contributed by atoms with van der Waals surface area (Å²) in [6.07, 6.45) is 11.5. The van der Waals surface area contributed by atoms with Crippen LogP contribution in [0.3, 0.4) is 0 Å². The summed E-state index contributed by atoms with van der Waals surface area (Å²) in [6.45, 7) is -0.275. The zero-order valence-corrected chi connectivity index (χ0v) is 26.0. The molecule has 3 aromatic heterocycles. The average Bonchev–Trinajstić information content (AvgIpc) is 3.68. The van der Waals surface area contributed by atoms with Crippen molar-refractivity contribution in [3.05, 3.63) is 54.6 Å². The second-order valence-electron chi connectivity index (χ2n) is 11.3. The molecule has 2 fully saturated rings. The monoisotopic (exact) mass is 649 g/mol. The molecule has 0 radical (unpaired) electrons. The number of nitrogens with zero attached hydrogens (tertiary/aromatic N) is 8. The molecular formula is C31H33F2N9O3S. The van der Waals surface area contributed by atoms with Gasteiger partial charge in [-0.15, -0.1) is 11.8 Å². The summed E-state index contributed by atoms with van der Waals surface area (Å²) in [4.78, 5) is 36.1. The Morgan fingerprint density at radius 3 is 2.80 bits per heavy atom. The van der Waals surface area contributed by atoms with Gasteiger partial charge < -0.3 is 15.0 Å². The van der Waals surface area contributed by atoms with E-state index in [9.17, 15) is 23.6 Å². The number of piperidine rings is 2. The lowest BCUT2D eigenvalue weighted by molar-refractivity contribution is -0.133. The van der Waals surface area contributed by atoms with Crippen molar-refractivity contribution >= 4 is 34.9 Å². The number of alkyl halides is 2. The van der Waals surface area contributed by atoms with E-state index < -0.39 is 12.5 Å². The number of ether oxygens (including phenoxy) is 1. The van der Waals surface area contributed by atoms with Crippen molar-refractivity contribution in [1.82, 2.24) is 34.2 Å². The number of amides is 2. The number of carbonyl (C=O) groups is 2. The molecule has 1 aromatic carbocycles. The fraction of sp³-hybridized carbons (Fsp3) is 0.419. The van der Waals surface area contributed by atoms with Gasteiger partial charge >= 0.3 is 6.61 Å². The van der Waals surface area contributed by atoms with E-state index in [1.807, 2.05) is 6.26 Å². The summed E-state index contributed by atoms with van der Waals surface area (Å²) >= 11 is 1.41. The van der Waals surface area contributed by atoms with Crippen LogP contribution in [0.1, 0.15) is 36.0 Å². The third kappa shape index (κ3) is 6.82. The van der Waals surface area contributed by atoms with Crippen LogP contribution in [0.5, 0.6) is 5.75 Å². The van der Waals surface area contributed by atoms with Crippen molar-refractivity contribution < 1.29 is 23.1 Å². The molecule has 1 atom stereocenters. The third-order valence-corrected chi connectivity index (χ3v) is 9.18. The van der Waals surface area contributed by atoms with E-state index in [2.05, 4.69) is 31.5 Å². The van der Waals surface area contributed by atoms with Gasteiger partial charge in [-0.05, 0) is 62.7 Å². The third-order valence-electron chi connectivity index (χ3n) is 8.46. The Balaban J connectivity index is 1.24. The normalized spacial score (nSPS) is 17.7. The largest absolute Gasteiger partial charge is 0.434 e. The van der Waals surface area contributed by atoms with E-state index in [0.717, 1.165) is 43.7 Å². The van der Waals surface area contributed by atoms with Crippen molar-refractivity contribution in [2.75, 3.05) is 37.8 Å². The van der Waals surface area contributed by atoms with E-state index in [1.54, 1.807) is 35.5 Å². The number of thioether (sulfide) groups is 1. The molecule has 6 rings (SSSR count). The van der Waals surface area contributed by atoms with E-state index >= 15 is 0 Å². The van der Waals surface area contributed by atoms with Gasteiger partial charge in [0.05, 0.1) is 23.9 Å². The standard InChI is InChI=1S/C31H33F2N9O3S/c1-46-22-5-6-26(45-31(32)33)23(14-22)28-25(37-30(44)24-16-36-42-11-3-9-35-29(24)42)18-41(38-28)19-27(43)39-12-7-21(8-13-39)40-10-2-4-20(15-34)17-40/h3,5-6,9,11,14,16,18,20-21,31H,2,4,7-8,10,12-13,17,19H2,1H3,(H,37,44). The highest BCUT2D eigenvalue weighted by molar-refractivity contribution is 7.98. The molecule has 2 aliphatic rings. The number of halogens is 2. The van der Waals surface area contributed by atoms with Crippen LogP contribution >= 0.6 is 11.8 Å². The number of nitriles is 1. The van der Waals surface area contributed by atoms with Crippen molar-refractivity contribution in [3.8, 4) is 23.1 Å². The number of carbonyl (C=O) groups excluding carboxylic acids is 2. The van der Waals surface area contributed by atoms with Crippen molar-refractivity contribution in [1.29, 1.82) is 5.26 Å². The molecule has 2 saturated heterocycles. The van der Waals surface area contributed by atoms with Gasteiger partial charge in [-0.1, -0.05) is 0 Å². The van der Waals surface area contributed by atoms with Crippen LogP contribution in [0.2, 0.25) is 0 Å². The van der Waals surface area contributed by atoms with E-state index in [1.165, 1.54) is 39.4 Å². The van der Waals surface area contributed by atoms with E-state index in [-0.39, 0.29) is 46.6 Å². The summed E-state index contributed by atoms with van der Waals surface area (Å²) in [7, 11) is 0. The topological polar surface area (TPSA) is 134 Å². The molecule has 12 nitrogen and oxygen atoms in total. The lowest BCUT2D eigenvalue weighted by Crippen LogP contribution is -2.50. The second kappa shape index (κ2) is 13.8. The Hall–Kier alpha value is -4.55. The number of anilines is 1. The summed E-state index contributed by atoms with van der Waals surface area (Å²) in [6, 6.07) is 9.17. The van der Waals surface area contributed by atoms with Crippen LogP contribution in [-0.4, -0.2) is 91.1 Å². The molecular weight excluding hydrogens is 616 g/mol. The first kappa shape index (κ1) is 31.4. The number of aromatic nitrogens is 5. The number of benzene rings is 1. The molecule has 1 N–H and O–H groups in total. The van der Waals surface area contributed by atoms with Gasteiger partial charge in [0.15, 0.2) is 5.65 Å². The fourth-order valence-electron chi connectivity index (χ4n) is 6.15. The molecule has 2 aliphatic heterocycles. The quantitative estimate of drug-likeness (QED) is 0.262. The van der Waals surface area contributed by atoms with E-state index in [4.69, 9.17) is 4.74 Å². The van der Waals surface area contributed by atoms with Crippen LogP contribution in [-0.2, 0) is 11.3 Å². The molecule has 2 amide bonds. The highest BCUT2D eigenvalue weighted by Crippen LogP contribution is 2.38. The van der Waals surface area contributed by atoms with Gasteiger partial charge in [0, 0.05) is 54.7 Å². The zero-order valence-electron chi connectivity index (χ0n) is 25.2. The molecule has 1 unspecified atom stereocenters. The molecule has 0 saturated carbocycles. The van der Waals surface area contributed by atoms with Gasteiger partial charge in [-0.3, -0.25) is 19.2 Å². The van der Waals surface area contributed by atoms with Crippen LogP contribution in [0.15, 0.2) is 53.9 Å². The maximum absolute atomic E-state index is 13.4. The Kier molecular flexibility index (Phi) is 9.46. The highest BCUT2D eigenvalue weighted by atomic mass is 32.2. The number of rotatable bonds is 9. The SMILES string of the molecule is CSc1ccc(OC(F)F)c(-c2nn(CC(=O)N3CCC(N4CCCC(C#N)C4)CC3)cc2NC(=O)c2cnn3cccnc23)c1. The zero-order chi connectivity index (χ0) is 32.2. The summed E-state index contributed by atoms with van der Waals surface area (Å²) < 4.78 is 34.5. The Bertz CT molecular complexity index is 1760. The number of hydrogen-bond acceptors (Lipinski definition) is 9. The lowest BCUT2D eigenvalue weighted by Gasteiger charge is -2.41. The summed E-state index contributed by atoms with van der Waals surface area (Å²) in [5, 5.41) is 21.0. The summed E-state index contributed by atoms with van der Waals surface area (Å²) in [5.41, 5.74) is 1.17. The Labute approximate surface area is 268 Å². The second-order valence-corrected chi connectivity index (χ2v) is 12.2. The number of fused-ring (bicyclic) bond motifs is 1. The van der Waals surface area contributed by atoms with Gasteiger partial charge in [0.2, 0.25) is 5.91 Å². The highest BCUT2D eigenvalue weighted by Gasteiger charge is 2.31. The van der Waals surface area contributed by atoms with Crippen molar-refractivity contribution in [2.24, 2.45) is 5.92 Å². The molecule has 4 aromatic rings. The smallest absolute Gasteiger partial charge is 0.387 e. The number of likely N-dealkylation sites (tertiary alicyclic amines) is 2. The van der Waals surface area contributed by atoms with Crippen LogP contribution in [0, 0.1) is 17.2 Å². The molecule has 0 bridgehead atoms. The molecule has 5 heterocycles. The van der Waals surface area contributed by atoms with E-state index in [0.29, 0.717) is 24.8 Å². The Morgan fingerprint density at radius 1 is 1.22 bits per heavy atom. The minimum absolute atomic E-state index is 0.0597. The predicted molar refractivity (Wildman–Crippen MR) is 167 cm³/mol. The molecule has 46 heavy (non-hydrogen) atoms. The van der Waals surface area contributed by atoms with Gasteiger partial charge in [-0.25, -0.2) is 9.50 Å². The minimum atomic E-state index is -3.08. The first-order valence-electron chi connectivity index (χ1n) is 15.0. The van der Waals surface area contributed by atoms with Crippen LogP contribution < -0.4 is 10.1 Å². The Morgan fingerprint density at radius 2 is 2.04 bits per heavy atom. The van der Waals surface area contributed by atoms with Crippen LogP contribution in [0.25, 0.3) is 16.9 Å². The van der Waals surface area contributed by atoms with Gasteiger partial charge in [-0.2, -0.15) is 24.2 Å². The fourth-order valence-corrected chi connectivity index (χ4v) is 6.59. The first-order valence-corrected chi connectivity index (χ1v) is 16.3. The molecule has 0 spiro atoms.